The van der Waals surface area contributed by atoms with Crippen molar-refractivity contribution in [2.45, 2.75) is 19.4 Å². The van der Waals surface area contributed by atoms with Gasteiger partial charge in [0.15, 0.2) is 0 Å². The maximum atomic E-state index is 9.03. The zero-order chi connectivity index (χ0) is 13.0. The van der Waals surface area contributed by atoms with Gasteiger partial charge in [-0.05, 0) is 24.1 Å². The van der Waals surface area contributed by atoms with Gasteiger partial charge < -0.3 is 5.32 Å². The largest absolute Gasteiger partial charge is 0.314 e. The minimum absolute atomic E-state index is 0. The molecule has 112 valence electrons. The Labute approximate surface area is 138 Å². The Morgan fingerprint density at radius 1 is 1.35 bits per heavy atom. The van der Waals surface area contributed by atoms with Crippen molar-refractivity contribution in [3.05, 3.63) is 34.3 Å². The molecular formula is C14H20Cl3N3. The summed E-state index contributed by atoms with van der Waals surface area (Å²) < 4.78 is 0. The molecule has 20 heavy (non-hydrogen) atoms. The van der Waals surface area contributed by atoms with E-state index >= 15 is 0 Å². The monoisotopic (exact) mass is 335 g/mol. The van der Waals surface area contributed by atoms with E-state index in [4.69, 9.17) is 16.9 Å². The van der Waals surface area contributed by atoms with Crippen molar-refractivity contribution >= 4 is 36.4 Å². The highest BCUT2D eigenvalue weighted by Gasteiger charge is 2.22. The fourth-order valence-electron chi connectivity index (χ4n) is 2.35. The van der Waals surface area contributed by atoms with Crippen LogP contribution >= 0.6 is 36.4 Å². The predicted molar refractivity (Wildman–Crippen MR) is 88.1 cm³/mol. The maximum Gasteiger partial charge on any atom is 0.0641 e. The van der Waals surface area contributed by atoms with Gasteiger partial charge in [-0.25, -0.2) is 0 Å². The lowest BCUT2D eigenvalue weighted by atomic mass is 10.0. The third kappa shape index (κ3) is 4.80. The lowest BCUT2D eigenvalue weighted by Crippen LogP contribution is -2.45. The summed E-state index contributed by atoms with van der Waals surface area (Å²) in [7, 11) is 0. The highest BCUT2D eigenvalue weighted by molar-refractivity contribution is 6.31. The Hall–Kier alpha value is -0.500. The van der Waals surface area contributed by atoms with Gasteiger partial charge in [0.05, 0.1) is 12.5 Å². The van der Waals surface area contributed by atoms with Crippen LogP contribution in [-0.2, 0) is 0 Å². The molecule has 0 aliphatic carbocycles. The summed E-state index contributed by atoms with van der Waals surface area (Å²) in [4.78, 5) is 2.36. The molecule has 0 spiro atoms. The van der Waals surface area contributed by atoms with Crippen LogP contribution in [0.15, 0.2) is 18.2 Å². The first kappa shape index (κ1) is 19.5. The van der Waals surface area contributed by atoms with Crippen molar-refractivity contribution in [1.82, 2.24) is 10.2 Å². The van der Waals surface area contributed by atoms with E-state index in [1.807, 2.05) is 19.1 Å². The van der Waals surface area contributed by atoms with E-state index in [-0.39, 0.29) is 30.9 Å². The van der Waals surface area contributed by atoms with E-state index in [0.29, 0.717) is 6.42 Å². The molecular weight excluding hydrogens is 317 g/mol. The predicted octanol–water partition coefficient (Wildman–Crippen LogP) is 3.35. The van der Waals surface area contributed by atoms with E-state index in [0.717, 1.165) is 42.3 Å². The first-order valence-electron chi connectivity index (χ1n) is 6.30. The number of hydrogen-bond acceptors (Lipinski definition) is 3. The molecule has 1 aromatic carbocycles. The molecule has 0 bridgehead atoms. The van der Waals surface area contributed by atoms with Gasteiger partial charge in [0.25, 0.3) is 0 Å². The molecule has 0 saturated carbocycles. The Morgan fingerprint density at radius 3 is 2.55 bits per heavy atom. The van der Waals surface area contributed by atoms with Crippen LogP contribution in [0.3, 0.4) is 0 Å². The van der Waals surface area contributed by atoms with Crippen molar-refractivity contribution < 1.29 is 0 Å². The van der Waals surface area contributed by atoms with Crippen molar-refractivity contribution in [2.75, 3.05) is 26.2 Å². The Balaban J connectivity index is 0.00000180. The number of aryl methyl sites for hydroxylation is 1. The fourth-order valence-corrected chi connectivity index (χ4v) is 2.54. The van der Waals surface area contributed by atoms with Gasteiger partial charge >= 0.3 is 0 Å². The summed E-state index contributed by atoms with van der Waals surface area (Å²) in [6, 6.07) is 8.58. The third-order valence-electron chi connectivity index (χ3n) is 3.46. The lowest BCUT2D eigenvalue weighted by molar-refractivity contribution is 0.175. The molecule has 0 aromatic heterocycles. The molecule has 0 radical (unpaired) electrons. The normalized spacial score (nSPS) is 16.4. The number of hydrogen-bond donors (Lipinski definition) is 1. The topological polar surface area (TPSA) is 39.1 Å². The molecule has 1 N–H and O–H groups in total. The van der Waals surface area contributed by atoms with Gasteiger partial charge in [0.2, 0.25) is 0 Å². The SMILES string of the molecule is Cc1ccc([C@H](CC#N)N2CCNCC2)cc1Cl.Cl.Cl. The van der Waals surface area contributed by atoms with Crippen molar-refractivity contribution in [3.63, 3.8) is 0 Å². The summed E-state index contributed by atoms with van der Waals surface area (Å²) in [5.41, 5.74) is 2.23. The minimum Gasteiger partial charge on any atom is -0.314 e. The van der Waals surface area contributed by atoms with Crippen molar-refractivity contribution in [1.29, 1.82) is 5.26 Å². The molecule has 1 aliphatic heterocycles. The van der Waals surface area contributed by atoms with Crippen LogP contribution in [-0.4, -0.2) is 31.1 Å². The highest BCUT2D eigenvalue weighted by Crippen LogP contribution is 2.28. The molecule has 1 fully saturated rings. The number of nitrogens with one attached hydrogen (secondary N) is 1. The van der Waals surface area contributed by atoms with Crippen LogP contribution in [0.1, 0.15) is 23.6 Å². The number of halogens is 3. The van der Waals surface area contributed by atoms with Crippen LogP contribution in [0.2, 0.25) is 5.02 Å². The molecule has 0 amide bonds. The minimum atomic E-state index is 0. The molecule has 1 atom stereocenters. The van der Waals surface area contributed by atoms with E-state index in [1.165, 1.54) is 0 Å². The molecule has 6 heteroatoms. The summed E-state index contributed by atoms with van der Waals surface area (Å²) in [6.07, 6.45) is 0.513. The summed E-state index contributed by atoms with van der Waals surface area (Å²) in [6.45, 7) is 5.94. The second-order valence-electron chi connectivity index (χ2n) is 4.67. The molecule has 0 unspecified atom stereocenters. The zero-order valence-electron chi connectivity index (χ0n) is 11.4. The zero-order valence-corrected chi connectivity index (χ0v) is 13.8. The summed E-state index contributed by atoms with van der Waals surface area (Å²) in [5, 5.41) is 13.1. The van der Waals surface area contributed by atoms with Gasteiger partial charge in [0, 0.05) is 37.2 Å². The molecule has 1 aliphatic rings. The van der Waals surface area contributed by atoms with Gasteiger partial charge in [-0.3, -0.25) is 4.90 Å². The van der Waals surface area contributed by atoms with Gasteiger partial charge in [0.1, 0.15) is 0 Å². The van der Waals surface area contributed by atoms with Crippen molar-refractivity contribution in [3.8, 4) is 6.07 Å². The average Bonchev–Trinajstić information content (AvgIpc) is 2.40. The quantitative estimate of drug-likeness (QED) is 0.920. The number of benzene rings is 1. The van der Waals surface area contributed by atoms with Gasteiger partial charge in [-0.1, -0.05) is 23.7 Å². The Bertz CT molecular complexity index is 453. The average molecular weight is 337 g/mol. The number of rotatable bonds is 3. The molecule has 1 saturated heterocycles. The fraction of sp³-hybridized carbons (Fsp3) is 0.500. The maximum absolute atomic E-state index is 9.03. The summed E-state index contributed by atoms with van der Waals surface area (Å²) >= 11 is 6.18. The standard InChI is InChI=1S/C14H18ClN3.2ClH/c1-11-2-3-12(10-13(11)15)14(4-5-16)18-8-6-17-7-9-18;;/h2-3,10,14,17H,4,6-9H2,1H3;2*1H/t14-;;/m0../s1. The second kappa shape index (κ2) is 9.44. The number of nitriles is 1. The van der Waals surface area contributed by atoms with E-state index < -0.39 is 0 Å². The Kier molecular flexibility index (Phi) is 9.20. The molecule has 1 aromatic rings. The van der Waals surface area contributed by atoms with Crippen LogP contribution < -0.4 is 5.32 Å². The third-order valence-corrected chi connectivity index (χ3v) is 3.86. The van der Waals surface area contributed by atoms with Gasteiger partial charge in [-0.15, -0.1) is 24.8 Å². The highest BCUT2D eigenvalue weighted by atomic mass is 35.5. The number of nitrogens with zero attached hydrogens (tertiary/aromatic N) is 2. The Morgan fingerprint density at radius 2 is 2.00 bits per heavy atom. The van der Waals surface area contributed by atoms with Gasteiger partial charge in [-0.2, -0.15) is 5.26 Å². The van der Waals surface area contributed by atoms with E-state index in [2.05, 4.69) is 22.4 Å². The van der Waals surface area contributed by atoms with E-state index in [9.17, 15) is 0 Å². The number of piperazine rings is 1. The van der Waals surface area contributed by atoms with Crippen LogP contribution in [0.25, 0.3) is 0 Å². The summed E-state index contributed by atoms with van der Waals surface area (Å²) in [5.74, 6) is 0. The first-order valence-corrected chi connectivity index (χ1v) is 6.68. The van der Waals surface area contributed by atoms with Crippen LogP contribution in [0.5, 0.6) is 0 Å². The second-order valence-corrected chi connectivity index (χ2v) is 5.08. The van der Waals surface area contributed by atoms with E-state index in [1.54, 1.807) is 0 Å². The first-order chi connectivity index (χ1) is 8.72. The molecule has 1 heterocycles. The van der Waals surface area contributed by atoms with Crippen LogP contribution in [0.4, 0.5) is 0 Å². The smallest absolute Gasteiger partial charge is 0.0641 e. The molecule has 2 rings (SSSR count). The molecule has 3 nitrogen and oxygen atoms in total. The van der Waals surface area contributed by atoms with Crippen molar-refractivity contribution in [2.24, 2.45) is 0 Å². The van der Waals surface area contributed by atoms with Crippen LogP contribution in [0, 0.1) is 18.3 Å². The lowest BCUT2D eigenvalue weighted by Gasteiger charge is -2.34.